The van der Waals surface area contributed by atoms with Gasteiger partial charge in [0, 0.05) is 43.7 Å². The second kappa shape index (κ2) is 8.00. The molecule has 1 aliphatic heterocycles. The van der Waals surface area contributed by atoms with Crippen LogP contribution in [0, 0.1) is 15.9 Å². The molecule has 1 unspecified atom stereocenters. The van der Waals surface area contributed by atoms with Gasteiger partial charge in [-0.15, -0.1) is 12.4 Å². The second-order valence-electron chi connectivity index (χ2n) is 5.46. The van der Waals surface area contributed by atoms with Crippen LogP contribution in [-0.4, -0.2) is 40.3 Å². The summed E-state index contributed by atoms with van der Waals surface area (Å²) >= 11 is 0. The van der Waals surface area contributed by atoms with Crippen molar-refractivity contribution in [2.75, 3.05) is 19.6 Å². The predicted molar refractivity (Wildman–Crippen MR) is 91.2 cm³/mol. The van der Waals surface area contributed by atoms with Gasteiger partial charge in [-0.3, -0.25) is 19.9 Å². The first-order valence-corrected chi connectivity index (χ1v) is 7.43. The third-order valence-electron chi connectivity index (χ3n) is 3.91. The van der Waals surface area contributed by atoms with Crippen molar-refractivity contribution in [2.24, 2.45) is 0 Å². The topological polar surface area (TPSA) is 88.4 Å². The van der Waals surface area contributed by atoms with E-state index in [0.717, 1.165) is 23.8 Å². The normalized spacial score (nSPS) is 16.8. The molecule has 1 N–H and O–H groups in total. The maximum absolute atomic E-state index is 13.6. The number of rotatable bonds is 3. The van der Waals surface area contributed by atoms with E-state index in [1.807, 2.05) is 6.07 Å². The molecule has 2 aromatic rings. The summed E-state index contributed by atoms with van der Waals surface area (Å²) in [5.41, 5.74) is 0.382. The summed E-state index contributed by atoms with van der Waals surface area (Å²) in [5.74, 6) is -1.24. The van der Waals surface area contributed by atoms with Gasteiger partial charge in [-0.25, -0.2) is 4.39 Å². The fourth-order valence-electron chi connectivity index (χ4n) is 2.79. The van der Waals surface area contributed by atoms with Crippen LogP contribution in [0.2, 0.25) is 0 Å². The third kappa shape index (κ3) is 4.09. The zero-order valence-corrected chi connectivity index (χ0v) is 13.9. The van der Waals surface area contributed by atoms with Gasteiger partial charge in [0.1, 0.15) is 5.82 Å². The van der Waals surface area contributed by atoms with Crippen molar-refractivity contribution >= 4 is 24.0 Å². The highest BCUT2D eigenvalue weighted by molar-refractivity contribution is 5.95. The first-order valence-electron chi connectivity index (χ1n) is 7.43. The van der Waals surface area contributed by atoms with Crippen LogP contribution >= 0.6 is 12.4 Å². The Kier molecular flexibility index (Phi) is 6.00. The molecule has 1 aromatic carbocycles. The Bertz CT molecular complexity index is 775. The maximum atomic E-state index is 13.6. The van der Waals surface area contributed by atoms with E-state index in [1.54, 1.807) is 23.4 Å². The van der Waals surface area contributed by atoms with Crippen LogP contribution in [0.4, 0.5) is 10.1 Å². The minimum absolute atomic E-state index is 0. The van der Waals surface area contributed by atoms with Crippen LogP contribution in [-0.2, 0) is 0 Å². The number of benzene rings is 1. The lowest BCUT2D eigenvalue weighted by atomic mass is 10.0. The van der Waals surface area contributed by atoms with Crippen molar-refractivity contribution in [2.45, 2.75) is 6.04 Å². The molecule has 0 bridgehead atoms. The maximum Gasteiger partial charge on any atom is 0.273 e. The molecular weight excluding hydrogens is 351 g/mol. The summed E-state index contributed by atoms with van der Waals surface area (Å²) in [4.78, 5) is 28.6. The Morgan fingerprint density at radius 2 is 2.20 bits per heavy atom. The number of nitro groups is 1. The molecule has 1 aromatic heterocycles. The molecule has 25 heavy (non-hydrogen) atoms. The van der Waals surface area contributed by atoms with Gasteiger partial charge in [-0.1, -0.05) is 6.07 Å². The van der Waals surface area contributed by atoms with Crippen LogP contribution < -0.4 is 5.32 Å². The van der Waals surface area contributed by atoms with Crippen molar-refractivity contribution in [3.8, 4) is 0 Å². The number of halogens is 2. The number of non-ortho nitro benzene ring substituents is 1. The molecule has 2 heterocycles. The lowest BCUT2D eigenvalue weighted by molar-refractivity contribution is -0.385. The Hall–Kier alpha value is -2.58. The quantitative estimate of drug-likeness (QED) is 0.665. The molecule has 0 radical (unpaired) electrons. The van der Waals surface area contributed by atoms with E-state index >= 15 is 0 Å². The highest BCUT2D eigenvalue weighted by Gasteiger charge is 2.29. The largest absolute Gasteiger partial charge is 0.329 e. The third-order valence-corrected chi connectivity index (χ3v) is 3.91. The number of hydrogen-bond donors (Lipinski definition) is 1. The van der Waals surface area contributed by atoms with Crippen LogP contribution in [0.1, 0.15) is 22.0 Å². The number of hydrogen-bond acceptors (Lipinski definition) is 5. The summed E-state index contributed by atoms with van der Waals surface area (Å²) in [5, 5.41) is 14.1. The Morgan fingerprint density at radius 1 is 1.40 bits per heavy atom. The minimum atomic E-state index is -0.805. The number of nitrogens with zero attached hydrogens (tertiary/aromatic N) is 3. The van der Waals surface area contributed by atoms with E-state index in [2.05, 4.69) is 10.3 Å². The number of pyridine rings is 1. The average molecular weight is 367 g/mol. The van der Waals surface area contributed by atoms with Gasteiger partial charge >= 0.3 is 0 Å². The lowest BCUT2D eigenvalue weighted by Crippen LogP contribution is -2.48. The van der Waals surface area contributed by atoms with Crippen molar-refractivity contribution in [1.29, 1.82) is 0 Å². The number of carbonyl (C=O) groups is 1. The van der Waals surface area contributed by atoms with Crippen molar-refractivity contribution in [3.63, 3.8) is 0 Å². The summed E-state index contributed by atoms with van der Waals surface area (Å²) in [6, 6.07) is 6.30. The number of carbonyl (C=O) groups excluding carboxylic acids is 1. The zero-order valence-electron chi connectivity index (χ0n) is 13.1. The predicted octanol–water partition coefficient (Wildman–Crippen LogP) is 2.34. The minimum Gasteiger partial charge on any atom is -0.329 e. The molecule has 0 spiro atoms. The molecule has 1 atom stereocenters. The van der Waals surface area contributed by atoms with E-state index in [0.29, 0.717) is 19.6 Å². The number of nitro benzene ring substituents is 1. The van der Waals surface area contributed by atoms with E-state index in [9.17, 15) is 19.3 Å². The smallest absolute Gasteiger partial charge is 0.273 e. The highest BCUT2D eigenvalue weighted by Crippen LogP contribution is 2.25. The average Bonchev–Trinajstić information content (AvgIpc) is 2.61. The summed E-state index contributed by atoms with van der Waals surface area (Å²) < 4.78 is 13.6. The van der Waals surface area contributed by atoms with E-state index < -0.39 is 22.3 Å². The van der Waals surface area contributed by atoms with Gasteiger partial charge in [-0.05, 0) is 17.7 Å². The monoisotopic (exact) mass is 366 g/mol. The van der Waals surface area contributed by atoms with Crippen LogP contribution in [0.5, 0.6) is 0 Å². The second-order valence-corrected chi connectivity index (χ2v) is 5.46. The van der Waals surface area contributed by atoms with Crippen molar-refractivity contribution in [3.05, 3.63) is 69.8 Å². The van der Waals surface area contributed by atoms with Gasteiger partial charge in [-0.2, -0.15) is 0 Å². The van der Waals surface area contributed by atoms with E-state index in [4.69, 9.17) is 0 Å². The molecule has 0 saturated carbocycles. The number of piperazine rings is 1. The molecule has 1 saturated heterocycles. The number of amides is 1. The van der Waals surface area contributed by atoms with Gasteiger partial charge in [0.05, 0.1) is 17.0 Å². The van der Waals surface area contributed by atoms with E-state index in [-0.39, 0.29) is 24.0 Å². The Morgan fingerprint density at radius 3 is 2.88 bits per heavy atom. The molecule has 7 nitrogen and oxygen atoms in total. The van der Waals surface area contributed by atoms with Crippen LogP contribution in [0.15, 0.2) is 42.7 Å². The molecule has 9 heteroatoms. The standard InChI is InChI=1S/C16H15FN4O3.ClH/c17-13-6-12(7-14(8-13)21(23)24)16(22)20-5-4-19-10-15(20)11-2-1-3-18-9-11;/h1-3,6-9,15,19H,4-5,10H2;1H. The summed E-state index contributed by atoms with van der Waals surface area (Å²) in [6.45, 7) is 1.55. The molecular formula is C16H16ClFN4O3. The van der Waals surface area contributed by atoms with Gasteiger partial charge in [0.15, 0.2) is 0 Å². The van der Waals surface area contributed by atoms with Gasteiger partial charge in [0.2, 0.25) is 0 Å². The SMILES string of the molecule is Cl.O=C(c1cc(F)cc([N+](=O)[O-])c1)N1CCNCC1c1cccnc1. The first-order chi connectivity index (χ1) is 11.6. The molecule has 132 valence electrons. The molecule has 1 aliphatic rings. The highest BCUT2D eigenvalue weighted by atomic mass is 35.5. The van der Waals surface area contributed by atoms with Crippen molar-refractivity contribution in [1.82, 2.24) is 15.2 Å². The number of aromatic nitrogens is 1. The van der Waals surface area contributed by atoms with Crippen LogP contribution in [0.25, 0.3) is 0 Å². The molecule has 1 amide bonds. The van der Waals surface area contributed by atoms with Crippen molar-refractivity contribution < 1.29 is 14.1 Å². The summed E-state index contributed by atoms with van der Waals surface area (Å²) in [6.07, 6.45) is 3.31. The van der Waals surface area contributed by atoms with Gasteiger partial charge < -0.3 is 10.2 Å². The Labute approximate surface area is 149 Å². The lowest BCUT2D eigenvalue weighted by Gasteiger charge is -2.36. The van der Waals surface area contributed by atoms with Gasteiger partial charge in [0.25, 0.3) is 11.6 Å². The zero-order chi connectivity index (χ0) is 17.1. The number of nitrogens with one attached hydrogen (secondary N) is 1. The summed E-state index contributed by atoms with van der Waals surface area (Å²) in [7, 11) is 0. The molecule has 0 aliphatic carbocycles. The molecule has 3 rings (SSSR count). The Balaban J connectivity index is 0.00000225. The fourth-order valence-corrected chi connectivity index (χ4v) is 2.79. The van der Waals surface area contributed by atoms with Crippen LogP contribution in [0.3, 0.4) is 0 Å². The fraction of sp³-hybridized carbons (Fsp3) is 0.250. The molecule has 1 fully saturated rings. The van der Waals surface area contributed by atoms with E-state index in [1.165, 1.54) is 0 Å². The first kappa shape index (κ1) is 18.8.